The summed E-state index contributed by atoms with van der Waals surface area (Å²) in [5.41, 5.74) is 2.23. The first-order chi connectivity index (χ1) is 15.9. The lowest BCUT2D eigenvalue weighted by molar-refractivity contribution is -0.132. The molecule has 3 aromatic rings. The first-order valence-electron chi connectivity index (χ1n) is 10.2. The molecule has 1 atom stereocenters. The van der Waals surface area contributed by atoms with E-state index in [1.54, 1.807) is 36.4 Å². The fourth-order valence-corrected chi connectivity index (χ4v) is 4.23. The Morgan fingerprint density at radius 2 is 1.73 bits per heavy atom. The summed E-state index contributed by atoms with van der Waals surface area (Å²) in [5.74, 6) is -1.04. The second kappa shape index (κ2) is 9.00. The Balaban J connectivity index is 2.01. The van der Waals surface area contributed by atoms with E-state index in [0.717, 1.165) is 5.56 Å². The minimum Gasteiger partial charge on any atom is -0.507 e. The number of ketones is 1. The van der Waals surface area contributed by atoms with Gasteiger partial charge in [0.25, 0.3) is 11.7 Å². The number of benzene rings is 3. The number of Topliss-reactive ketones (excluding diaryl/α,β-unsaturated/α-hetero) is 1. The Kier molecular flexibility index (Phi) is 6.11. The van der Waals surface area contributed by atoms with E-state index in [-0.39, 0.29) is 16.9 Å². The van der Waals surface area contributed by atoms with Gasteiger partial charge in [-0.05, 0) is 48.4 Å². The molecule has 0 aromatic heterocycles. The van der Waals surface area contributed by atoms with Crippen molar-refractivity contribution in [3.8, 4) is 11.5 Å². The molecule has 1 fully saturated rings. The monoisotopic (exact) mass is 463 g/mol. The first kappa shape index (κ1) is 22.4. The molecule has 0 radical (unpaired) electrons. The largest absolute Gasteiger partial charge is 0.507 e. The minimum atomic E-state index is -0.859. The number of rotatable bonds is 5. The third kappa shape index (κ3) is 3.94. The lowest BCUT2D eigenvalue weighted by Gasteiger charge is -2.27. The molecule has 1 aliphatic heterocycles. The highest BCUT2D eigenvalue weighted by molar-refractivity contribution is 6.51. The first-order valence-corrected chi connectivity index (χ1v) is 10.6. The highest BCUT2D eigenvalue weighted by Crippen LogP contribution is 2.44. The normalized spacial score (nSPS) is 17.3. The van der Waals surface area contributed by atoms with E-state index >= 15 is 0 Å². The molecule has 1 heterocycles. The second-order valence-corrected chi connectivity index (χ2v) is 8.01. The predicted molar refractivity (Wildman–Crippen MR) is 127 cm³/mol. The van der Waals surface area contributed by atoms with Crippen molar-refractivity contribution in [3.63, 3.8) is 0 Å². The van der Waals surface area contributed by atoms with Gasteiger partial charge in [0.15, 0.2) is 0 Å². The molecule has 0 bridgehead atoms. The number of amides is 1. The van der Waals surface area contributed by atoms with Crippen LogP contribution in [0.4, 0.5) is 5.69 Å². The van der Waals surface area contributed by atoms with E-state index in [1.807, 2.05) is 31.2 Å². The minimum absolute atomic E-state index is 0.0438. The number of hydrogen-bond donors (Lipinski definition) is 1. The van der Waals surface area contributed by atoms with E-state index in [2.05, 4.69) is 0 Å². The summed E-state index contributed by atoms with van der Waals surface area (Å²) in [6.07, 6.45) is 0. The van der Waals surface area contributed by atoms with Crippen molar-refractivity contribution < 1.29 is 24.2 Å². The van der Waals surface area contributed by atoms with Crippen molar-refractivity contribution in [2.24, 2.45) is 0 Å². The summed E-state index contributed by atoms with van der Waals surface area (Å²) in [5, 5.41) is 11.7. The fraction of sp³-hybridized carbons (Fsp3) is 0.154. The van der Waals surface area contributed by atoms with Gasteiger partial charge in [0.2, 0.25) is 0 Å². The van der Waals surface area contributed by atoms with Crippen molar-refractivity contribution in [2.75, 3.05) is 19.1 Å². The van der Waals surface area contributed by atoms with Crippen LogP contribution < -0.4 is 14.4 Å². The molecule has 6 nitrogen and oxygen atoms in total. The average molecular weight is 464 g/mol. The summed E-state index contributed by atoms with van der Waals surface area (Å²) in [7, 11) is 2.98. The maximum absolute atomic E-state index is 13.3. The topological polar surface area (TPSA) is 76.1 Å². The molecule has 0 saturated carbocycles. The van der Waals surface area contributed by atoms with Crippen LogP contribution >= 0.6 is 11.6 Å². The molecule has 0 aliphatic carbocycles. The van der Waals surface area contributed by atoms with Gasteiger partial charge in [-0.15, -0.1) is 0 Å². The van der Waals surface area contributed by atoms with E-state index in [9.17, 15) is 14.7 Å². The van der Waals surface area contributed by atoms with Gasteiger partial charge in [-0.2, -0.15) is 0 Å². The van der Waals surface area contributed by atoms with E-state index in [4.69, 9.17) is 21.1 Å². The van der Waals surface area contributed by atoms with Crippen LogP contribution in [0.2, 0.25) is 5.02 Å². The average Bonchev–Trinajstić information content (AvgIpc) is 3.09. The molecule has 0 spiro atoms. The molecule has 1 unspecified atom stereocenters. The van der Waals surface area contributed by atoms with Gasteiger partial charge in [-0.25, -0.2) is 0 Å². The zero-order chi connectivity index (χ0) is 23.7. The van der Waals surface area contributed by atoms with Crippen LogP contribution in [0.3, 0.4) is 0 Å². The molecule has 1 amide bonds. The molecule has 7 heteroatoms. The number of methoxy groups -OCH3 is 2. The van der Waals surface area contributed by atoms with Crippen molar-refractivity contribution in [1.82, 2.24) is 0 Å². The maximum atomic E-state index is 13.3. The quantitative estimate of drug-likeness (QED) is 0.316. The van der Waals surface area contributed by atoms with Gasteiger partial charge in [0.05, 0.1) is 31.4 Å². The summed E-state index contributed by atoms with van der Waals surface area (Å²) in [6.45, 7) is 1.89. The third-order valence-corrected chi connectivity index (χ3v) is 5.91. The van der Waals surface area contributed by atoms with Crippen molar-refractivity contribution in [1.29, 1.82) is 0 Å². The number of halogens is 1. The Bertz CT molecular complexity index is 1280. The maximum Gasteiger partial charge on any atom is 0.300 e. The van der Waals surface area contributed by atoms with Gasteiger partial charge < -0.3 is 14.6 Å². The zero-order valence-electron chi connectivity index (χ0n) is 18.3. The highest BCUT2D eigenvalue weighted by atomic mass is 35.5. The number of aliphatic hydroxyl groups excluding tert-OH is 1. The van der Waals surface area contributed by atoms with E-state index in [0.29, 0.717) is 27.8 Å². The van der Waals surface area contributed by atoms with Crippen LogP contribution in [0, 0.1) is 6.92 Å². The number of carbonyl (C=O) groups is 2. The SMILES string of the molecule is COc1cccc(N2C(=O)C(=O)/C(=C(/O)c3cc(Cl)ccc3OC)C2c2ccccc2C)c1. The molecule has 3 aromatic carbocycles. The van der Waals surface area contributed by atoms with Crippen molar-refractivity contribution >= 4 is 34.7 Å². The van der Waals surface area contributed by atoms with Crippen LogP contribution in [-0.2, 0) is 9.59 Å². The highest BCUT2D eigenvalue weighted by Gasteiger charge is 2.47. The van der Waals surface area contributed by atoms with Crippen LogP contribution in [0.5, 0.6) is 11.5 Å². The van der Waals surface area contributed by atoms with E-state index in [1.165, 1.54) is 25.2 Å². The Morgan fingerprint density at radius 3 is 2.42 bits per heavy atom. The molecule has 1 aliphatic rings. The number of aryl methyl sites for hydroxylation is 1. The van der Waals surface area contributed by atoms with Crippen molar-refractivity contribution in [3.05, 3.63) is 94.0 Å². The van der Waals surface area contributed by atoms with Gasteiger partial charge in [-0.3, -0.25) is 14.5 Å². The lowest BCUT2D eigenvalue weighted by atomic mass is 9.92. The summed E-state index contributed by atoms with van der Waals surface area (Å²) >= 11 is 6.16. The summed E-state index contributed by atoms with van der Waals surface area (Å²) in [4.78, 5) is 28.0. The number of nitrogens with zero attached hydrogens (tertiary/aromatic N) is 1. The number of carbonyl (C=O) groups excluding carboxylic acids is 2. The molecule has 4 rings (SSSR count). The van der Waals surface area contributed by atoms with Gasteiger partial charge >= 0.3 is 0 Å². The zero-order valence-corrected chi connectivity index (χ0v) is 19.1. The summed E-state index contributed by atoms with van der Waals surface area (Å²) in [6, 6.07) is 18.2. The standard InChI is InChI=1S/C26H22ClNO5/c1-15-7-4-5-10-19(15)23-22(24(29)20-13-16(27)11-12-21(20)33-3)25(30)26(31)28(23)17-8-6-9-18(14-17)32-2/h4-14,23,29H,1-3H3/b24-22+. The van der Waals surface area contributed by atoms with E-state index < -0.39 is 17.7 Å². The van der Waals surface area contributed by atoms with Crippen LogP contribution in [0.15, 0.2) is 72.3 Å². The molecule has 1 N–H and O–H groups in total. The van der Waals surface area contributed by atoms with Crippen LogP contribution in [-0.4, -0.2) is 31.0 Å². The van der Waals surface area contributed by atoms with Crippen LogP contribution in [0.1, 0.15) is 22.7 Å². The number of hydrogen-bond acceptors (Lipinski definition) is 5. The van der Waals surface area contributed by atoms with Gasteiger partial charge in [0.1, 0.15) is 17.3 Å². The number of anilines is 1. The predicted octanol–water partition coefficient (Wildman–Crippen LogP) is 5.29. The van der Waals surface area contributed by atoms with Crippen LogP contribution in [0.25, 0.3) is 5.76 Å². The smallest absolute Gasteiger partial charge is 0.300 e. The Labute approximate surface area is 196 Å². The summed E-state index contributed by atoms with van der Waals surface area (Å²) < 4.78 is 10.7. The Morgan fingerprint density at radius 1 is 0.970 bits per heavy atom. The molecule has 33 heavy (non-hydrogen) atoms. The van der Waals surface area contributed by atoms with Crippen molar-refractivity contribution in [2.45, 2.75) is 13.0 Å². The third-order valence-electron chi connectivity index (χ3n) is 5.68. The van der Waals surface area contributed by atoms with Gasteiger partial charge in [-0.1, -0.05) is 41.9 Å². The second-order valence-electron chi connectivity index (χ2n) is 7.57. The number of aliphatic hydroxyl groups is 1. The fourth-order valence-electron chi connectivity index (χ4n) is 4.06. The molecular weight excluding hydrogens is 442 g/mol. The Hall–Kier alpha value is -3.77. The molecule has 168 valence electrons. The lowest BCUT2D eigenvalue weighted by Crippen LogP contribution is -2.29. The van der Waals surface area contributed by atoms with Gasteiger partial charge in [0, 0.05) is 16.8 Å². The molecule has 1 saturated heterocycles. The molecular formula is C26H22ClNO5. The number of ether oxygens (including phenoxy) is 2.